The molecular weight excluding hydrogens is 214 g/mol. The molecule has 1 radical (unpaired) electrons. The summed E-state index contributed by atoms with van der Waals surface area (Å²) in [6.07, 6.45) is 3.25. The average Bonchev–Trinajstić information content (AvgIpc) is 2.88. The second-order valence-electron chi connectivity index (χ2n) is 2.74. The van der Waals surface area contributed by atoms with Gasteiger partial charge in [-0.3, -0.25) is 0 Å². The van der Waals surface area contributed by atoms with Crippen molar-refractivity contribution < 1.29 is 9.53 Å². The van der Waals surface area contributed by atoms with Crippen LogP contribution in [0.5, 0.6) is 0 Å². The number of thiazole rings is 1. The van der Waals surface area contributed by atoms with Gasteiger partial charge in [0.1, 0.15) is 0 Å². The molecule has 0 amide bonds. The first-order valence-electron chi connectivity index (χ1n) is 4.22. The summed E-state index contributed by atoms with van der Waals surface area (Å²) in [5.41, 5.74) is 0.676. The number of ether oxygens (including phenoxy) is 1. The maximum Gasteiger partial charge on any atom is 0.434 e. The highest BCUT2D eigenvalue weighted by Crippen LogP contribution is 2.09. The third-order valence-corrected chi connectivity index (χ3v) is 2.53. The Balaban J connectivity index is 2.11. The van der Waals surface area contributed by atoms with E-state index in [-0.39, 0.29) is 0 Å². The molecule has 0 atom stereocenters. The normalized spacial score (nSPS) is 10.2. The largest absolute Gasteiger partial charge is 0.451 e. The van der Waals surface area contributed by atoms with Crippen LogP contribution in [-0.4, -0.2) is 28.0 Å². The Morgan fingerprint density at radius 2 is 2.60 bits per heavy atom. The number of nitrogens with zero attached hydrogens (tertiary/aromatic N) is 3. The van der Waals surface area contributed by atoms with E-state index in [1.54, 1.807) is 17.5 Å². The molecule has 5 nitrogen and oxygen atoms in total. The highest BCUT2D eigenvalue weighted by Gasteiger charge is 2.08. The standard InChI is InChI=1S/C9H8N3O2S/c1-14-9(13)12-4-2-7(11-12)6-8-10-3-5-15-8/h3-5H,6H2,1H3. The van der Waals surface area contributed by atoms with E-state index in [0.717, 1.165) is 9.69 Å². The molecule has 0 aliphatic rings. The first kappa shape index (κ1) is 9.85. The van der Waals surface area contributed by atoms with Gasteiger partial charge < -0.3 is 4.74 Å². The van der Waals surface area contributed by atoms with E-state index in [2.05, 4.69) is 20.9 Å². The van der Waals surface area contributed by atoms with Crippen molar-refractivity contribution in [3.8, 4) is 0 Å². The van der Waals surface area contributed by atoms with Crippen LogP contribution < -0.4 is 0 Å². The van der Waals surface area contributed by atoms with Gasteiger partial charge in [0.25, 0.3) is 0 Å². The van der Waals surface area contributed by atoms with Gasteiger partial charge in [0.2, 0.25) is 0 Å². The van der Waals surface area contributed by atoms with Crippen LogP contribution in [0.2, 0.25) is 0 Å². The lowest BCUT2D eigenvalue weighted by atomic mass is 10.3. The summed E-state index contributed by atoms with van der Waals surface area (Å²) < 4.78 is 5.63. The van der Waals surface area contributed by atoms with Gasteiger partial charge in [-0.25, -0.2) is 9.78 Å². The van der Waals surface area contributed by atoms with Crippen LogP contribution in [0.15, 0.2) is 17.8 Å². The number of hydrogen-bond donors (Lipinski definition) is 0. The minimum absolute atomic E-state index is 0.517. The minimum atomic E-state index is -0.517. The zero-order valence-corrected chi connectivity index (χ0v) is 8.82. The Labute approximate surface area is 90.3 Å². The maximum atomic E-state index is 11.1. The highest BCUT2D eigenvalue weighted by atomic mass is 32.1. The molecule has 6 heteroatoms. The van der Waals surface area contributed by atoms with E-state index >= 15 is 0 Å². The Morgan fingerprint density at radius 1 is 1.73 bits per heavy atom. The van der Waals surface area contributed by atoms with Crippen molar-refractivity contribution >= 4 is 17.4 Å². The van der Waals surface area contributed by atoms with Crippen molar-refractivity contribution in [2.24, 2.45) is 0 Å². The van der Waals surface area contributed by atoms with Gasteiger partial charge in [0.05, 0.1) is 17.8 Å². The highest BCUT2D eigenvalue weighted by molar-refractivity contribution is 7.09. The smallest absolute Gasteiger partial charge is 0.434 e. The summed E-state index contributed by atoms with van der Waals surface area (Å²) in [4.78, 5) is 15.2. The van der Waals surface area contributed by atoms with Crippen LogP contribution in [0.25, 0.3) is 0 Å². The fourth-order valence-corrected chi connectivity index (χ4v) is 1.70. The Morgan fingerprint density at radius 3 is 3.27 bits per heavy atom. The van der Waals surface area contributed by atoms with Crippen LogP contribution in [-0.2, 0) is 11.2 Å². The van der Waals surface area contributed by atoms with Crippen LogP contribution in [0, 0.1) is 6.07 Å². The molecule has 0 unspecified atom stereocenters. The molecule has 2 aromatic rings. The molecule has 0 aliphatic heterocycles. The van der Waals surface area contributed by atoms with E-state index in [0.29, 0.717) is 12.1 Å². The number of carbonyl (C=O) groups is 1. The first-order chi connectivity index (χ1) is 7.29. The lowest BCUT2D eigenvalue weighted by Crippen LogP contribution is -2.12. The Bertz CT molecular complexity index is 450. The molecule has 0 fully saturated rings. The summed E-state index contributed by atoms with van der Waals surface area (Å²) in [5, 5.41) is 6.85. The van der Waals surface area contributed by atoms with Gasteiger partial charge in [-0.15, -0.1) is 11.3 Å². The molecule has 0 bridgehead atoms. The van der Waals surface area contributed by atoms with E-state index in [4.69, 9.17) is 0 Å². The summed E-state index contributed by atoms with van der Waals surface area (Å²) in [6, 6.07) is 2.88. The molecule has 0 N–H and O–H groups in total. The molecular formula is C9H8N3O2S. The van der Waals surface area contributed by atoms with E-state index in [9.17, 15) is 4.79 Å². The van der Waals surface area contributed by atoms with Crippen molar-refractivity contribution in [2.45, 2.75) is 6.42 Å². The van der Waals surface area contributed by atoms with Gasteiger partial charge in [0, 0.05) is 30.3 Å². The third kappa shape index (κ3) is 2.21. The maximum absolute atomic E-state index is 11.1. The Kier molecular flexibility index (Phi) is 2.77. The monoisotopic (exact) mass is 222 g/mol. The number of aromatic nitrogens is 3. The van der Waals surface area contributed by atoms with E-state index < -0.39 is 6.09 Å². The van der Waals surface area contributed by atoms with Crippen molar-refractivity contribution in [1.29, 1.82) is 0 Å². The second kappa shape index (κ2) is 4.22. The fourth-order valence-electron chi connectivity index (χ4n) is 1.08. The molecule has 15 heavy (non-hydrogen) atoms. The topological polar surface area (TPSA) is 57.0 Å². The van der Waals surface area contributed by atoms with Crippen molar-refractivity contribution in [3.05, 3.63) is 34.5 Å². The Hall–Kier alpha value is -1.69. The zero-order valence-electron chi connectivity index (χ0n) is 8.01. The lowest BCUT2D eigenvalue weighted by molar-refractivity contribution is 0.169. The summed E-state index contributed by atoms with van der Waals surface area (Å²) >= 11 is 1.54. The second-order valence-corrected chi connectivity index (χ2v) is 3.72. The van der Waals surface area contributed by atoms with Crippen LogP contribution in [0.4, 0.5) is 4.79 Å². The minimum Gasteiger partial charge on any atom is -0.451 e. The van der Waals surface area contributed by atoms with Gasteiger partial charge in [-0.05, 0) is 0 Å². The zero-order chi connectivity index (χ0) is 10.7. The predicted octanol–water partition coefficient (Wildman–Crippen LogP) is 1.35. The van der Waals surface area contributed by atoms with Gasteiger partial charge >= 0.3 is 6.09 Å². The van der Waals surface area contributed by atoms with E-state index in [1.807, 2.05) is 5.38 Å². The molecule has 2 heterocycles. The number of methoxy groups -OCH3 is 1. The fraction of sp³-hybridized carbons (Fsp3) is 0.222. The average molecular weight is 222 g/mol. The molecule has 0 saturated heterocycles. The predicted molar refractivity (Wildman–Crippen MR) is 53.8 cm³/mol. The molecule has 2 aromatic heterocycles. The number of hydrogen-bond acceptors (Lipinski definition) is 5. The molecule has 0 aromatic carbocycles. The number of rotatable bonds is 2. The molecule has 0 spiro atoms. The van der Waals surface area contributed by atoms with Crippen LogP contribution in [0.3, 0.4) is 0 Å². The summed E-state index contributed by atoms with van der Waals surface area (Å²) in [6.45, 7) is 0. The van der Waals surface area contributed by atoms with Gasteiger partial charge in [-0.1, -0.05) is 0 Å². The van der Waals surface area contributed by atoms with Gasteiger partial charge in [-0.2, -0.15) is 9.78 Å². The van der Waals surface area contributed by atoms with Crippen molar-refractivity contribution in [1.82, 2.24) is 14.8 Å². The summed E-state index contributed by atoms with van der Waals surface area (Å²) in [7, 11) is 1.31. The molecule has 0 aliphatic carbocycles. The first-order valence-corrected chi connectivity index (χ1v) is 5.10. The quantitative estimate of drug-likeness (QED) is 0.769. The van der Waals surface area contributed by atoms with Crippen LogP contribution >= 0.6 is 11.3 Å². The molecule has 77 valence electrons. The lowest BCUT2D eigenvalue weighted by Gasteiger charge is -1.95. The summed E-state index contributed by atoms with van der Waals surface area (Å²) in [5.74, 6) is 0. The molecule has 0 saturated carbocycles. The molecule has 2 rings (SSSR count). The SMILES string of the molecule is COC(=O)n1c[c]c(Cc2nccs2)n1. The third-order valence-electron chi connectivity index (χ3n) is 1.75. The van der Waals surface area contributed by atoms with Gasteiger partial charge in [0.15, 0.2) is 0 Å². The van der Waals surface area contributed by atoms with Crippen molar-refractivity contribution in [2.75, 3.05) is 7.11 Å². The van der Waals surface area contributed by atoms with Crippen LogP contribution in [0.1, 0.15) is 10.7 Å². The van der Waals surface area contributed by atoms with E-state index in [1.165, 1.54) is 13.3 Å². The number of carbonyl (C=O) groups excluding carboxylic acids is 1. The van der Waals surface area contributed by atoms with Crippen molar-refractivity contribution in [3.63, 3.8) is 0 Å².